The SMILES string of the molecule is CCCNC(=O)CCn1c(=O)[nH]c(=O)c2ccccc21. The van der Waals surface area contributed by atoms with E-state index < -0.39 is 11.2 Å². The van der Waals surface area contributed by atoms with Crippen molar-refractivity contribution in [3.8, 4) is 0 Å². The number of nitrogens with one attached hydrogen (secondary N) is 2. The second-order valence-corrected chi connectivity index (χ2v) is 4.53. The van der Waals surface area contributed by atoms with Crippen molar-refractivity contribution in [2.45, 2.75) is 26.3 Å². The van der Waals surface area contributed by atoms with E-state index in [9.17, 15) is 14.4 Å². The molecule has 0 radical (unpaired) electrons. The Kier molecular flexibility index (Phi) is 4.34. The van der Waals surface area contributed by atoms with Crippen molar-refractivity contribution in [2.24, 2.45) is 0 Å². The Labute approximate surface area is 115 Å². The molecule has 0 atom stereocenters. The fraction of sp³-hybridized carbons (Fsp3) is 0.357. The van der Waals surface area contributed by atoms with Gasteiger partial charge in [0, 0.05) is 19.5 Å². The third-order valence-electron chi connectivity index (χ3n) is 3.04. The van der Waals surface area contributed by atoms with Crippen LogP contribution >= 0.6 is 0 Å². The van der Waals surface area contributed by atoms with Crippen molar-refractivity contribution in [1.82, 2.24) is 14.9 Å². The zero-order valence-corrected chi connectivity index (χ0v) is 11.3. The summed E-state index contributed by atoms with van der Waals surface area (Å²) >= 11 is 0. The average molecular weight is 275 g/mol. The monoisotopic (exact) mass is 275 g/mol. The van der Waals surface area contributed by atoms with Crippen LogP contribution in [-0.4, -0.2) is 22.0 Å². The van der Waals surface area contributed by atoms with Crippen LogP contribution in [0.2, 0.25) is 0 Å². The van der Waals surface area contributed by atoms with Crippen molar-refractivity contribution in [3.05, 3.63) is 45.1 Å². The lowest BCUT2D eigenvalue weighted by Crippen LogP contribution is -2.32. The molecule has 20 heavy (non-hydrogen) atoms. The van der Waals surface area contributed by atoms with E-state index >= 15 is 0 Å². The molecule has 1 heterocycles. The molecule has 2 rings (SSSR count). The second-order valence-electron chi connectivity index (χ2n) is 4.53. The standard InChI is InChI=1S/C14H17N3O3/c1-2-8-15-12(18)7-9-17-11-6-4-3-5-10(11)13(19)16-14(17)20/h3-6H,2,7-9H2,1H3,(H,15,18)(H,16,19,20). The van der Waals surface area contributed by atoms with Crippen molar-refractivity contribution < 1.29 is 4.79 Å². The Bertz CT molecular complexity index is 730. The molecule has 106 valence electrons. The third-order valence-corrected chi connectivity index (χ3v) is 3.04. The first-order valence-corrected chi connectivity index (χ1v) is 6.62. The predicted octanol–water partition coefficient (Wildman–Crippen LogP) is 0.606. The topological polar surface area (TPSA) is 84.0 Å². The smallest absolute Gasteiger partial charge is 0.328 e. The summed E-state index contributed by atoms with van der Waals surface area (Å²) in [5.41, 5.74) is -0.348. The lowest BCUT2D eigenvalue weighted by Gasteiger charge is -2.09. The Morgan fingerprint density at radius 1 is 1.30 bits per heavy atom. The number of hydrogen-bond donors (Lipinski definition) is 2. The molecule has 1 aromatic carbocycles. The van der Waals surface area contributed by atoms with Crippen LogP contribution in [0.1, 0.15) is 19.8 Å². The number of amides is 1. The molecular formula is C14H17N3O3. The summed E-state index contributed by atoms with van der Waals surface area (Å²) in [5, 5.41) is 3.20. The number of nitrogens with zero attached hydrogens (tertiary/aromatic N) is 1. The summed E-state index contributed by atoms with van der Waals surface area (Å²) < 4.78 is 1.42. The van der Waals surface area contributed by atoms with Crippen LogP contribution in [0.3, 0.4) is 0 Å². The number of H-pyrrole nitrogens is 1. The minimum atomic E-state index is -0.489. The third kappa shape index (κ3) is 2.96. The molecule has 0 bridgehead atoms. The van der Waals surface area contributed by atoms with E-state index in [1.54, 1.807) is 24.3 Å². The van der Waals surface area contributed by atoms with E-state index in [2.05, 4.69) is 10.3 Å². The first-order chi connectivity index (χ1) is 9.63. The second kappa shape index (κ2) is 6.18. The average Bonchev–Trinajstić information content (AvgIpc) is 2.45. The number of aromatic amines is 1. The quantitative estimate of drug-likeness (QED) is 0.838. The van der Waals surface area contributed by atoms with E-state index in [1.165, 1.54) is 4.57 Å². The molecule has 2 aromatic rings. The molecule has 6 heteroatoms. The van der Waals surface area contributed by atoms with E-state index in [0.29, 0.717) is 17.4 Å². The molecule has 0 saturated heterocycles. The molecule has 0 unspecified atom stereocenters. The van der Waals surface area contributed by atoms with Crippen LogP contribution in [-0.2, 0) is 11.3 Å². The zero-order chi connectivity index (χ0) is 14.5. The molecule has 0 spiro atoms. The fourth-order valence-corrected chi connectivity index (χ4v) is 2.03. The van der Waals surface area contributed by atoms with Gasteiger partial charge in [-0.15, -0.1) is 0 Å². The summed E-state index contributed by atoms with van der Waals surface area (Å²) in [4.78, 5) is 37.4. The van der Waals surface area contributed by atoms with Gasteiger partial charge in [0.2, 0.25) is 5.91 Å². The van der Waals surface area contributed by atoms with Gasteiger partial charge in [-0.05, 0) is 18.6 Å². The van der Waals surface area contributed by atoms with Gasteiger partial charge in [0.1, 0.15) is 0 Å². The highest BCUT2D eigenvalue weighted by molar-refractivity contribution is 5.78. The minimum absolute atomic E-state index is 0.103. The van der Waals surface area contributed by atoms with Crippen molar-refractivity contribution in [3.63, 3.8) is 0 Å². The highest BCUT2D eigenvalue weighted by Crippen LogP contribution is 2.06. The number of carbonyl (C=O) groups excluding carboxylic acids is 1. The normalized spacial score (nSPS) is 10.7. The number of rotatable bonds is 5. The Morgan fingerprint density at radius 3 is 2.80 bits per heavy atom. The largest absolute Gasteiger partial charge is 0.356 e. The van der Waals surface area contributed by atoms with Gasteiger partial charge in [0.15, 0.2) is 0 Å². The minimum Gasteiger partial charge on any atom is -0.356 e. The number of carbonyl (C=O) groups is 1. The maximum atomic E-state index is 11.9. The van der Waals surface area contributed by atoms with Crippen molar-refractivity contribution >= 4 is 16.8 Å². The summed E-state index contributed by atoms with van der Waals surface area (Å²) in [6.07, 6.45) is 1.07. The lowest BCUT2D eigenvalue weighted by molar-refractivity contribution is -0.121. The first kappa shape index (κ1) is 14.0. The number of fused-ring (bicyclic) bond motifs is 1. The first-order valence-electron chi connectivity index (χ1n) is 6.62. The van der Waals surface area contributed by atoms with Crippen LogP contribution in [0.25, 0.3) is 10.9 Å². The van der Waals surface area contributed by atoms with Gasteiger partial charge in [0.05, 0.1) is 10.9 Å². The van der Waals surface area contributed by atoms with Gasteiger partial charge < -0.3 is 5.32 Å². The number of benzene rings is 1. The Balaban J connectivity index is 2.28. The van der Waals surface area contributed by atoms with Gasteiger partial charge in [-0.3, -0.25) is 19.1 Å². The van der Waals surface area contributed by atoms with E-state index in [4.69, 9.17) is 0 Å². The number of aryl methyl sites for hydroxylation is 1. The van der Waals surface area contributed by atoms with Crippen LogP contribution in [0, 0.1) is 0 Å². The van der Waals surface area contributed by atoms with Crippen LogP contribution in [0.15, 0.2) is 33.9 Å². The van der Waals surface area contributed by atoms with Gasteiger partial charge in [-0.2, -0.15) is 0 Å². The van der Waals surface area contributed by atoms with Crippen LogP contribution in [0.4, 0.5) is 0 Å². The molecule has 0 saturated carbocycles. The number of para-hydroxylation sites is 1. The number of hydrogen-bond acceptors (Lipinski definition) is 3. The van der Waals surface area contributed by atoms with Crippen LogP contribution in [0.5, 0.6) is 0 Å². The van der Waals surface area contributed by atoms with Crippen molar-refractivity contribution in [2.75, 3.05) is 6.54 Å². The van der Waals surface area contributed by atoms with Crippen molar-refractivity contribution in [1.29, 1.82) is 0 Å². The molecule has 0 aliphatic carbocycles. The molecule has 0 fully saturated rings. The molecular weight excluding hydrogens is 258 g/mol. The molecule has 0 aliphatic rings. The van der Waals surface area contributed by atoms with Gasteiger partial charge in [-0.25, -0.2) is 4.79 Å². The van der Waals surface area contributed by atoms with E-state index in [1.807, 2.05) is 6.92 Å². The van der Waals surface area contributed by atoms with Gasteiger partial charge >= 0.3 is 5.69 Å². The highest BCUT2D eigenvalue weighted by Gasteiger charge is 2.08. The zero-order valence-electron chi connectivity index (χ0n) is 11.3. The molecule has 6 nitrogen and oxygen atoms in total. The molecule has 1 aromatic heterocycles. The van der Waals surface area contributed by atoms with Gasteiger partial charge in [-0.1, -0.05) is 19.1 Å². The summed E-state index contributed by atoms with van der Waals surface area (Å²) in [6.45, 7) is 2.84. The number of aromatic nitrogens is 2. The summed E-state index contributed by atoms with van der Waals surface area (Å²) in [7, 11) is 0. The summed E-state index contributed by atoms with van der Waals surface area (Å²) in [5.74, 6) is -0.103. The van der Waals surface area contributed by atoms with Gasteiger partial charge in [0.25, 0.3) is 5.56 Å². The Hall–Kier alpha value is -2.37. The Morgan fingerprint density at radius 2 is 2.05 bits per heavy atom. The highest BCUT2D eigenvalue weighted by atomic mass is 16.2. The van der Waals surface area contributed by atoms with E-state index in [-0.39, 0.29) is 18.9 Å². The maximum absolute atomic E-state index is 11.9. The fourth-order valence-electron chi connectivity index (χ4n) is 2.03. The maximum Gasteiger partial charge on any atom is 0.328 e. The molecule has 2 N–H and O–H groups in total. The molecule has 1 amide bonds. The predicted molar refractivity (Wildman–Crippen MR) is 76.7 cm³/mol. The van der Waals surface area contributed by atoms with E-state index in [0.717, 1.165) is 6.42 Å². The lowest BCUT2D eigenvalue weighted by atomic mass is 10.2. The molecule has 0 aliphatic heterocycles. The summed E-state index contributed by atoms with van der Waals surface area (Å²) in [6, 6.07) is 6.85. The van der Waals surface area contributed by atoms with Crippen LogP contribution < -0.4 is 16.6 Å².